The molecule has 3 nitrogen and oxygen atoms in total. The average Bonchev–Trinajstić information content (AvgIpc) is 2.70. The molecule has 1 aromatic heterocycles. The van der Waals surface area contributed by atoms with Gasteiger partial charge < -0.3 is 5.73 Å². The topological polar surface area (TPSA) is 43.8 Å². The van der Waals surface area contributed by atoms with E-state index in [9.17, 15) is 0 Å². The molecule has 84 valence electrons. The molecule has 0 atom stereocenters. The monoisotopic (exact) mass is 215 g/mol. The summed E-state index contributed by atoms with van der Waals surface area (Å²) in [6.45, 7) is 4.70. The average molecular weight is 215 g/mol. The van der Waals surface area contributed by atoms with E-state index < -0.39 is 0 Å². The highest BCUT2D eigenvalue weighted by atomic mass is 15.3. The third-order valence-corrected chi connectivity index (χ3v) is 2.75. The van der Waals surface area contributed by atoms with Gasteiger partial charge in [0.1, 0.15) is 0 Å². The number of hydrogen-bond acceptors (Lipinski definition) is 2. The van der Waals surface area contributed by atoms with Gasteiger partial charge in [0.2, 0.25) is 0 Å². The Morgan fingerprint density at radius 3 is 2.69 bits per heavy atom. The number of benzene rings is 1. The van der Waals surface area contributed by atoms with Gasteiger partial charge in [-0.05, 0) is 31.0 Å². The molecule has 0 radical (unpaired) electrons. The molecule has 0 unspecified atom stereocenters. The van der Waals surface area contributed by atoms with E-state index in [1.807, 2.05) is 16.8 Å². The van der Waals surface area contributed by atoms with Crippen LogP contribution in [-0.4, -0.2) is 9.78 Å². The predicted octanol–water partition coefficient (Wildman–Crippen LogP) is 2.20. The third-order valence-electron chi connectivity index (χ3n) is 2.75. The summed E-state index contributed by atoms with van der Waals surface area (Å²) in [5.74, 6) is 0. The van der Waals surface area contributed by atoms with Gasteiger partial charge in [-0.15, -0.1) is 0 Å². The smallest absolute Gasteiger partial charge is 0.0767 e. The standard InChI is InChI=1S/C13H17N3/c1-3-11-6-4-5-7-13(11)16-10(2)8-12(9-14)15-16/h4-8H,3,9,14H2,1-2H3. The molecule has 1 aromatic carbocycles. The van der Waals surface area contributed by atoms with Gasteiger partial charge in [-0.25, -0.2) is 4.68 Å². The van der Waals surface area contributed by atoms with E-state index in [-0.39, 0.29) is 0 Å². The number of aromatic nitrogens is 2. The predicted molar refractivity (Wildman–Crippen MR) is 65.6 cm³/mol. The first kappa shape index (κ1) is 10.9. The summed E-state index contributed by atoms with van der Waals surface area (Å²) in [6.07, 6.45) is 1.01. The van der Waals surface area contributed by atoms with Crippen LogP contribution in [0.25, 0.3) is 5.69 Å². The first-order valence-corrected chi connectivity index (χ1v) is 5.60. The SMILES string of the molecule is CCc1ccccc1-n1nc(CN)cc1C. The van der Waals surface area contributed by atoms with Crippen molar-refractivity contribution in [3.63, 3.8) is 0 Å². The summed E-state index contributed by atoms with van der Waals surface area (Å²) < 4.78 is 1.97. The number of para-hydroxylation sites is 1. The summed E-state index contributed by atoms with van der Waals surface area (Å²) in [5.41, 5.74) is 10.1. The lowest BCUT2D eigenvalue weighted by Gasteiger charge is -2.09. The molecular formula is C13H17N3. The zero-order chi connectivity index (χ0) is 11.5. The Hall–Kier alpha value is -1.61. The zero-order valence-electron chi connectivity index (χ0n) is 9.77. The van der Waals surface area contributed by atoms with Crippen LogP contribution in [-0.2, 0) is 13.0 Å². The fourth-order valence-corrected chi connectivity index (χ4v) is 1.90. The van der Waals surface area contributed by atoms with Gasteiger partial charge >= 0.3 is 0 Å². The molecule has 0 amide bonds. The first-order chi connectivity index (χ1) is 7.76. The van der Waals surface area contributed by atoms with Crippen molar-refractivity contribution in [3.8, 4) is 5.69 Å². The van der Waals surface area contributed by atoms with Crippen molar-refractivity contribution >= 4 is 0 Å². The maximum Gasteiger partial charge on any atom is 0.0767 e. The highest BCUT2D eigenvalue weighted by molar-refractivity contribution is 5.41. The van der Waals surface area contributed by atoms with Crippen LogP contribution in [0.2, 0.25) is 0 Å². The second-order valence-electron chi connectivity index (χ2n) is 3.88. The summed E-state index contributed by atoms with van der Waals surface area (Å²) in [5, 5.41) is 4.50. The number of nitrogens with zero attached hydrogens (tertiary/aromatic N) is 2. The number of nitrogens with two attached hydrogens (primary N) is 1. The lowest BCUT2D eigenvalue weighted by molar-refractivity contribution is 0.802. The van der Waals surface area contributed by atoms with Crippen LogP contribution < -0.4 is 5.73 Å². The van der Waals surface area contributed by atoms with Gasteiger partial charge in [-0.3, -0.25) is 0 Å². The minimum atomic E-state index is 0.488. The van der Waals surface area contributed by atoms with Crippen molar-refractivity contribution in [3.05, 3.63) is 47.3 Å². The molecule has 0 bridgehead atoms. The molecule has 3 heteroatoms. The normalized spacial score (nSPS) is 10.7. The van der Waals surface area contributed by atoms with E-state index >= 15 is 0 Å². The van der Waals surface area contributed by atoms with Crippen LogP contribution in [0, 0.1) is 6.92 Å². The number of rotatable bonds is 3. The van der Waals surface area contributed by atoms with Crippen molar-refractivity contribution in [1.29, 1.82) is 0 Å². The molecule has 0 spiro atoms. The summed E-state index contributed by atoms with van der Waals surface area (Å²) >= 11 is 0. The Kier molecular flexibility index (Phi) is 3.06. The van der Waals surface area contributed by atoms with Gasteiger partial charge in [-0.1, -0.05) is 25.1 Å². The van der Waals surface area contributed by atoms with E-state index in [2.05, 4.69) is 37.1 Å². The van der Waals surface area contributed by atoms with Crippen molar-refractivity contribution < 1.29 is 0 Å². The molecule has 0 aliphatic heterocycles. The lowest BCUT2D eigenvalue weighted by atomic mass is 10.1. The van der Waals surface area contributed by atoms with E-state index in [4.69, 9.17) is 5.73 Å². The van der Waals surface area contributed by atoms with Gasteiger partial charge in [0.05, 0.1) is 11.4 Å². The Bertz CT molecular complexity index is 486. The number of hydrogen-bond donors (Lipinski definition) is 1. The van der Waals surface area contributed by atoms with Crippen LogP contribution in [0.15, 0.2) is 30.3 Å². The molecule has 2 rings (SSSR count). The summed E-state index contributed by atoms with van der Waals surface area (Å²) in [6, 6.07) is 10.4. The quantitative estimate of drug-likeness (QED) is 0.853. The van der Waals surface area contributed by atoms with Crippen molar-refractivity contribution in [1.82, 2.24) is 9.78 Å². The maximum atomic E-state index is 5.60. The molecule has 0 fully saturated rings. The summed E-state index contributed by atoms with van der Waals surface area (Å²) in [7, 11) is 0. The second kappa shape index (κ2) is 4.49. The minimum Gasteiger partial charge on any atom is -0.325 e. The molecule has 0 aliphatic carbocycles. The maximum absolute atomic E-state index is 5.60. The molecule has 16 heavy (non-hydrogen) atoms. The molecule has 1 heterocycles. The molecular weight excluding hydrogens is 198 g/mol. The fraction of sp³-hybridized carbons (Fsp3) is 0.308. The molecule has 0 saturated carbocycles. The van der Waals surface area contributed by atoms with Crippen LogP contribution >= 0.6 is 0 Å². The molecule has 0 aliphatic rings. The van der Waals surface area contributed by atoms with Gasteiger partial charge in [0, 0.05) is 12.2 Å². The van der Waals surface area contributed by atoms with E-state index in [1.54, 1.807) is 0 Å². The van der Waals surface area contributed by atoms with Crippen LogP contribution in [0.4, 0.5) is 0 Å². The Morgan fingerprint density at radius 1 is 1.31 bits per heavy atom. The van der Waals surface area contributed by atoms with Crippen molar-refractivity contribution in [2.75, 3.05) is 0 Å². The van der Waals surface area contributed by atoms with Crippen LogP contribution in [0.1, 0.15) is 23.9 Å². The third kappa shape index (κ3) is 1.86. The summed E-state index contributed by atoms with van der Waals surface area (Å²) in [4.78, 5) is 0. The highest BCUT2D eigenvalue weighted by Crippen LogP contribution is 2.17. The Morgan fingerprint density at radius 2 is 2.06 bits per heavy atom. The fourth-order valence-electron chi connectivity index (χ4n) is 1.90. The molecule has 0 saturated heterocycles. The first-order valence-electron chi connectivity index (χ1n) is 5.60. The van der Waals surface area contributed by atoms with Gasteiger partial charge in [-0.2, -0.15) is 5.10 Å². The zero-order valence-corrected chi connectivity index (χ0v) is 9.77. The van der Waals surface area contributed by atoms with Crippen molar-refractivity contribution in [2.24, 2.45) is 5.73 Å². The van der Waals surface area contributed by atoms with E-state index in [1.165, 1.54) is 5.56 Å². The van der Waals surface area contributed by atoms with Crippen LogP contribution in [0.5, 0.6) is 0 Å². The minimum absolute atomic E-state index is 0.488. The van der Waals surface area contributed by atoms with Gasteiger partial charge in [0.25, 0.3) is 0 Å². The highest BCUT2D eigenvalue weighted by Gasteiger charge is 2.07. The lowest BCUT2D eigenvalue weighted by Crippen LogP contribution is -2.04. The van der Waals surface area contributed by atoms with Crippen LogP contribution in [0.3, 0.4) is 0 Å². The van der Waals surface area contributed by atoms with E-state index in [0.717, 1.165) is 23.5 Å². The second-order valence-corrected chi connectivity index (χ2v) is 3.88. The molecule has 2 N–H and O–H groups in total. The Balaban J connectivity index is 2.53. The van der Waals surface area contributed by atoms with Gasteiger partial charge in [0.15, 0.2) is 0 Å². The van der Waals surface area contributed by atoms with Crippen molar-refractivity contribution in [2.45, 2.75) is 26.8 Å². The largest absolute Gasteiger partial charge is 0.325 e. The molecule has 2 aromatic rings. The van der Waals surface area contributed by atoms with E-state index in [0.29, 0.717) is 6.54 Å². The number of aryl methyl sites for hydroxylation is 2. The Labute approximate surface area is 95.9 Å².